The molecule has 0 fully saturated rings. The number of anilines is 3. The van der Waals surface area contributed by atoms with Gasteiger partial charge in [0.05, 0.1) is 23.3 Å². The fourth-order valence-corrected chi connectivity index (χ4v) is 3.46. The van der Waals surface area contributed by atoms with Crippen LogP contribution in [0.2, 0.25) is 0 Å². The highest BCUT2D eigenvalue weighted by Gasteiger charge is 2.12. The van der Waals surface area contributed by atoms with Crippen LogP contribution >= 0.6 is 0 Å². The predicted octanol–water partition coefficient (Wildman–Crippen LogP) is 5.62. The second kappa shape index (κ2) is 9.09. The van der Waals surface area contributed by atoms with Crippen LogP contribution in [0.4, 0.5) is 17.5 Å². The maximum atomic E-state index is 9.18. The Hall–Kier alpha value is -4.88. The van der Waals surface area contributed by atoms with Crippen molar-refractivity contribution in [3.05, 3.63) is 89.0 Å². The van der Waals surface area contributed by atoms with Gasteiger partial charge < -0.3 is 15.8 Å². The van der Waals surface area contributed by atoms with E-state index in [1.807, 2.05) is 44.2 Å². The van der Waals surface area contributed by atoms with Crippen molar-refractivity contribution in [1.82, 2.24) is 9.97 Å². The lowest BCUT2D eigenvalue weighted by molar-refractivity contribution is 0.456. The SMILES string of the molecule is Cc1cc(-c2cccc(C#N)c2)cc(C)c1Oc1cc(N)nc(Nc2ccc(C#N)cc2)n1. The number of nitrogens with zero attached hydrogens (tertiary/aromatic N) is 4. The molecule has 4 aromatic rings. The first kappa shape index (κ1) is 21.4. The third kappa shape index (κ3) is 4.90. The third-order valence-electron chi connectivity index (χ3n) is 4.98. The normalized spacial score (nSPS) is 10.2. The first-order valence-electron chi connectivity index (χ1n) is 10.2. The van der Waals surface area contributed by atoms with E-state index in [0.29, 0.717) is 22.8 Å². The van der Waals surface area contributed by atoms with E-state index >= 15 is 0 Å². The van der Waals surface area contributed by atoms with Gasteiger partial charge in [-0.1, -0.05) is 12.1 Å². The zero-order valence-electron chi connectivity index (χ0n) is 18.1. The van der Waals surface area contributed by atoms with Crippen LogP contribution in [0, 0.1) is 36.5 Å². The topological polar surface area (TPSA) is 121 Å². The Morgan fingerprint density at radius 1 is 0.818 bits per heavy atom. The average Bonchev–Trinajstić information content (AvgIpc) is 2.81. The molecule has 33 heavy (non-hydrogen) atoms. The van der Waals surface area contributed by atoms with Gasteiger partial charge >= 0.3 is 0 Å². The molecule has 0 saturated carbocycles. The molecule has 0 aliphatic rings. The summed E-state index contributed by atoms with van der Waals surface area (Å²) in [5.41, 5.74) is 11.7. The summed E-state index contributed by atoms with van der Waals surface area (Å²) in [6, 6.07) is 24.3. The first-order chi connectivity index (χ1) is 15.9. The highest BCUT2D eigenvalue weighted by molar-refractivity contribution is 5.69. The molecule has 0 atom stereocenters. The Morgan fingerprint density at radius 2 is 1.52 bits per heavy atom. The second-order valence-electron chi connectivity index (χ2n) is 7.50. The Balaban J connectivity index is 1.60. The highest BCUT2D eigenvalue weighted by Crippen LogP contribution is 2.33. The fraction of sp³-hybridized carbons (Fsp3) is 0.0769. The Bertz CT molecular complexity index is 1390. The number of nitrogens with one attached hydrogen (secondary N) is 1. The number of hydrogen-bond donors (Lipinski definition) is 2. The number of ether oxygens (including phenoxy) is 1. The van der Waals surface area contributed by atoms with E-state index in [0.717, 1.165) is 27.9 Å². The number of aryl methyl sites for hydroxylation is 2. The van der Waals surface area contributed by atoms with Gasteiger partial charge in [-0.15, -0.1) is 0 Å². The zero-order valence-corrected chi connectivity index (χ0v) is 18.1. The number of nitrogens with two attached hydrogens (primary N) is 1. The van der Waals surface area contributed by atoms with Gasteiger partial charge in [0.2, 0.25) is 11.8 Å². The van der Waals surface area contributed by atoms with E-state index in [2.05, 4.69) is 27.4 Å². The molecule has 1 heterocycles. The van der Waals surface area contributed by atoms with E-state index in [1.165, 1.54) is 0 Å². The van der Waals surface area contributed by atoms with Crippen LogP contribution in [0.3, 0.4) is 0 Å². The molecule has 0 unspecified atom stereocenters. The lowest BCUT2D eigenvalue weighted by atomic mass is 9.98. The van der Waals surface area contributed by atoms with Crippen LogP contribution < -0.4 is 15.8 Å². The van der Waals surface area contributed by atoms with Gasteiger partial charge in [0.15, 0.2) is 0 Å². The molecular weight excluding hydrogens is 412 g/mol. The van der Waals surface area contributed by atoms with Gasteiger partial charge in [0.25, 0.3) is 0 Å². The summed E-state index contributed by atoms with van der Waals surface area (Å²) in [7, 11) is 0. The van der Waals surface area contributed by atoms with Gasteiger partial charge in [-0.05, 0) is 84.6 Å². The summed E-state index contributed by atoms with van der Waals surface area (Å²) in [6.07, 6.45) is 0. The summed E-state index contributed by atoms with van der Waals surface area (Å²) in [4.78, 5) is 8.64. The average molecular weight is 432 g/mol. The number of hydrogen-bond acceptors (Lipinski definition) is 7. The quantitative estimate of drug-likeness (QED) is 0.420. The van der Waals surface area contributed by atoms with Crippen molar-refractivity contribution in [2.24, 2.45) is 0 Å². The van der Waals surface area contributed by atoms with E-state index in [-0.39, 0.29) is 11.8 Å². The van der Waals surface area contributed by atoms with Crippen LogP contribution in [0.1, 0.15) is 22.3 Å². The molecule has 3 N–H and O–H groups in total. The summed E-state index contributed by atoms with van der Waals surface area (Å²) in [5, 5.41) is 21.2. The molecule has 7 heteroatoms. The van der Waals surface area contributed by atoms with E-state index in [4.69, 9.17) is 15.7 Å². The lowest BCUT2D eigenvalue weighted by Crippen LogP contribution is -2.03. The van der Waals surface area contributed by atoms with Crippen molar-refractivity contribution >= 4 is 17.5 Å². The van der Waals surface area contributed by atoms with Crippen LogP contribution in [-0.4, -0.2) is 9.97 Å². The standard InChI is InChI=1S/C26H20N6O/c1-16-10-21(20-5-3-4-19(12-20)15-28)11-17(2)25(16)33-24-13-23(29)31-26(32-24)30-22-8-6-18(14-27)7-9-22/h3-13H,1-2H3,(H3,29,30,31,32). The fourth-order valence-electron chi connectivity index (χ4n) is 3.46. The molecular formula is C26H20N6O. The maximum Gasteiger partial charge on any atom is 0.232 e. The molecule has 0 amide bonds. The van der Waals surface area contributed by atoms with E-state index in [1.54, 1.807) is 36.4 Å². The maximum absolute atomic E-state index is 9.18. The molecule has 0 aliphatic carbocycles. The molecule has 3 aromatic carbocycles. The van der Waals surface area contributed by atoms with Crippen molar-refractivity contribution in [3.8, 4) is 34.9 Å². The number of nitrogen functional groups attached to an aromatic ring is 1. The Labute approximate surface area is 191 Å². The molecule has 0 aliphatic heterocycles. The van der Waals surface area contributed by atoms with E-state index < -0.39 is 0 Å². The number of nitriles is 2. The van der Waals surface area contributed by atoms with Crippen LogP contribution in [0.15, 0.2) is 66.7 Å². The number of aromatic nitrogens is 2. The summed E-state index contributed by atoms with van der Waals surface area (Å²) in [6.45, 7) is 3.92. The van der Waals surface area contributed by atoms with Gasteiger partial charge in [-0.25, -0.2) is 0 Å². The van der Waals surface area contributed by atoms with E-state index in [9.17, 15) is 5.26 Å². The van der Waals surface area contributed by atoms with Crippen LogP contribution in [0.5, 0.6) is 11.6 Å². The van der Waals surface area contributed by atoms with Crippen molar-refractivity contribution in [2.45, 2.75) is 13.8 Å². The molecule has 4 rings (SSSR count). The van der Waals surface area contributed by atoms with Crippen LogP contribution in [-0.2, 0) is 0 Å². The number of benzene rings is 3. The molecule has 0 bridgehead atoms. The molecule has 160 valence electrons. The monoisotopic (exact) mass is 432 g/mol. The van der Waals surface area contributed by atoms with Gasteiger partial charge in [0, 0.05) is 11.8 Å². The summed E-state index contributed by atoms with van der Waals surface area (Å²) >= 11 is 0. The van der Waals surface area contributed by atoms with Gasteiger partial charge in [-0.2, -0.15) is 20.5 Å². The summed E-state index contributed by atoms with van der Waals surface area (Å²) in [5.74, 6) is 1.54. The molecule has 1 aromatic heterocycles. The molecule has 0 saturated heterocycles. The molecule has 7 nitrogen and oxygen atoms in total. The number of rotatable bonds is 5. The smallest absolute Gasteiger partial charge is 0.232 e. The summed E-state index contributed by atoms with van der Waals surface area (Å²) < 4.78 is 6.10. The highest BCUT2D eigenvalue weighted by atomic mass is 16.5. The minimum absolute atomic E-state index is 0.261. The minimum Gasteiger partial charge on any atom is -0.438 e. The third-order valence-corrected chi connectivity index (χ3v) is 4.98. The largest absolute Gasteiger partial charge is 0.438 e. The first-order valence-corrected chi connectivity index (χ1v) is 10.2. The Morgan fingerprint density at radius 3 is 2.18 bits per heavy atom. The van der Waals surface area contributed by atoms with Gasteiger partial charge in [-0.3, -0.25) is 0 Å². The lowest BCUT2D eigenvalue weighted by Gasteiger charge is -2.15. The van der Waals surface area contributed by atoms with Crippen LogP contribution in [0.25, 0.3) is 11.1 Å². The van der Waals surface area contributed by atoms with Gasteiger partial charge in [0.1, 0.15) is 11.6 Å². The predicted molar refractivity (Wildman–Crippen MR) is 127 cm³/mol. The minimum atomic E-state index is 0.261. The molecule has 0 spiro atoms. The van der Waals surface area contributed by atoms with Crippen molar-refractivity contribution in [2.75, 3.05) is 11.1 Å². The van der Waals surface area contributed by atoms with Crippen molar-refractivity contribution in [3.63, 3.8) is 0 Å². The van der Waals surface area contributed by atoms with Crippen molar-refractivity contribution in [1.29, 1.82) is 10.5 Å². The zero-order chi connectivity index (χ0) is 23.4. The molecule has 0 radical (unpaired) electrons. The van der Waals surface area contributed by atoms with Crippen molar-refractivity contribution < 1.29 is 4.74 Å². The second-order valence-corrected chi connectivity index (χ2v) is 7.50. The Kier molecular flexibility index (Phi) is 5.88.